The first-order valence-electron chi connectivity index (χ1n) is 7.61. The Morgan fingerprint density at radius 3 is 1.95 bits per heavy atom. The standard InChI is InChI=1S/C16H29NO4/c1-11-10-12(13(18)20-15(2,3)4)8-9-17(11)14(19)21-16(5,6)7/h11-12H,8-10H2,1-7H3. The van der Waals surface area contributed by atoms with Crippen LogP contribution in [0.1, 0.15) is 61.3 Å². The van der Waals surface area contributed by atoms with Crippen LogP contribution >= 0.6 is 0 Å². The van der Waals surface area contributed by atoms with Gasteiger partial charge in [-0.1, -0.05) is 0 Å². The second-order valence-electron chi connectivity index (χ2n) is 7.78. The zero-order valence-corrected chi connectivity index (χ0v) is 14.4. The van der Waals surface area contributed by atoms with Crippen molar-refractivity contribution in [3.05, 3.63) is 0 Å². The molecule has 0 spiro atoms. The summed E-state index contributed by atoms with van der Waals surface area (Å²) < 4.78 is 10.8. The Bertz CT molecular complexity index is 392. The summed E-state index contributed by atoms with van der Waals surface area (Å²) in [4.78, 5) is 25.9. The number of carbonyl (C=O) groups is 2. The van der Waals surface area contributed by atoms with E-state index in [1.54, 1.807) is 4.90 Å². The quantitative estimate of drug-likeness (QED) is 0.697. The largest absolute Gasteiger partial charge is 0.460 e. The normalized spacial score (nSPS) is 23.7. The molecule has 1 amide bonds. The van der Waals surface area contributed by atoms with E-state index in [1.165, 1.54) is 0 Å². The van der Waals surface area contributed by atoms with Crippen LogP contribution in [0.3, 0.4) is 0 Å². The average Bonchev–Trinajstić information content (AvgIpc) is 2.23. The van der Waals surface area contributed by atoms with Crippen LogP contribution in [0.2, 0.25) is 0 Å². The minimum atomic E-state index is -0.501. The maximum Gasteiger partial charge on any atom is 0.410 e. The topological polar surface area (TPSA) is 55.8 Å². The number of nitrogens with zero attached hydrogens (tertiary/aromatic N) is 1. The summed E-state index contributed by atoms with van der Waals surface area (Å²) in [6.07, 6.45) is 0.935. The smallest absolute Gasteiger partial charge is 0.410 e. The number of likely N-dealkylation sites (tertiary alicyclic amines) is 1. The minimum Gasteiger partial charge on any atom is -0.460 e. The van der Waals surface area contributed by atoms with Gasteiger partial charge < -0.3 is 14.4 Å². The molecule has 1 fully saturated rings. The molecule has 0 aromatic heterocycles. The molecule has 122 valence electrons. The highest BCUT2D eigenvalue weighted by molar-refractivity contribution is 5.74. The van der Waals surface area contributed by atoms with E-state index in [1.807, 2.05) is 48.5 Å². The first kappa shape index (κ1) is 17.8. The highest BCUT2D eigenvalue weighted by Crippen LogP contribution is 2.27. The molecule has 5 heteroatoms. The Morgan fingerprint density at radius 2 is 1.52 bits per heavy atom. The zero-order chi connectivity index (χ0) is 16.4. The Kier molecular flexibility index (Phi) is 5.29. The van der Waals surface area contributed by atoms with Crippen molar-refractivity contribution in [2.45, 2.75) is 78.6 Å². The molecular weight excluding hydrogens is 270 g/mol. The molecule has 0 saturated carbocycles. The van der Waals surface area contributed by atoms with Crippen molar-refractivity contribution in [3.63, 3.8) is 0 Å². The Morgan fingerprint density at radius 1 is 1.00 bits per heavy atom. The third-order valence-corrected chi connectivity index (χ3v) is 3.24. The van der Waals surface area contributed by atoms with Crippen molar-refractivity contribution < 1.29 is 19.1 Å². The molecular formula is C16H29NO4. The average molecular weight is 299 g/mol. The number of ether oxygens (including phenoxy) is 2. The van der Waals surface area contributed by atoms with Gasteiger partial charge in [-0.2, -0.15) is 0 Å². The van der Waals surface area contributed by atoms with E-state index in [-0.39, 0.29) is 24.0 Å². The van der Waals surface area contributed by atoms with Gasteiger partial charge in [0.2, 0.25) is 0 Å². The van der Waals surface area contributed by atoms with Crippen LogP contribution in [0.15, 0.2) is 0 Å². The number of piperidine rings is 1. The summed E-state index contributed by atoms with van der Waals surface area (Å²) in [7, 11) is 0. The molecule has 2 unspecified atom stereocenters. The highest BCUT2D eigenvalue weighted by atomic mass is 16.6. The minimum absolute atomic E-state index is 0.0221. The maximum absolute atomic E-state index is 12.1. The molecule has 21 heavy (non-hydrogen) atoms. The predicted molar refractivity (Wildman–Crippen MR) is 81.0 cm³/mol. The predicted octanol–water partition coefficient (Wildman–Crippen LogP) is 3.36. The first-order valence-corrected chi connectivity index (χ1v) is 7.61. The molecule has 2 atom stereocenters. The van der Waals surface area contributed by atoms with Crippen molar-refractivity contribution in [2.75, 3.05) is 6.54 Å². The fraction of sp³-hybridized carbons (Fsp3) is 0.875. The number of hydrogen-bond donors (Lipinski definition) is 0. The van der Waals surface area contributed by atoms with Crippen LogP contribution in [-0.2, 0) is 14.3 Å². The third kappa shape index (κ3) is 5.94. The maximum atomic E-state index is 12.1. The van der Waals surface area contributed by atoms with Gasteiger partial charge in [0, 0.05) is 12.6 Å². The lowest BCUT2D eigenvalue weighted by atomic mass is 9.92. The van der Waals surface area contributed by atoms with E-state index in [4.69, 9.17) is 9.47 Å². The van der Waals surface area contributed by atoms with Crippen molar-refractivity contribution in [1.82, 2.24) is 4.90 Å². The fourth-order valence-electron chi connectivity index (χ4n) is 2.36. The van der Waals surface area contributed by atoms with Crippen LogP contribution < -0.4 is 0 Å². The van der Waals surface area contributed by atoms with Crippen molar-refractivity contribution in [3.8, 4) is 0 Å². The fourth-order valence-corrected chi connectivity index (χ4v) is 2.36. The van der Waals surface area contributed by atoms with Crippen molar-refractivity contribution >= 4 is 12.1 Å². The molecule has 1 aliphatic heterocycles. The number of hydrogen-bond acceptors (Lipinski definition) is 4. The van der Waals surface area contributed by atoms with Gasteiger partial charge in [-0.25, -0.2) is 4.79 Å². The number of carbonyl (C=O) groups excluding carboxylic acids is 2. The van der Waals surface area contributed by atoms with E-state index in [2.05, 4.69) is 0 Å². The SMILES string of the molecule is CC1CC(C(=O)OC(C)(C)C)CCN1C(=O)OC(C)(C)C. The van der Waals surface area contributed by atoms with Gasteiger partial charge in [-0.05, 0) is 61.3 Å². The first-order chi connectivity index (χ1) is 9.39. The van der Waals surface area contributed by atoms with Gasteiger partial charge >= 0.3 is 12.1 Å². The number of rotatable bonds is 1. The van der Waals surface area contributed by atoms with Gasteiger partial charge in [0.25, 0.3) is 0 Å². The monoisotopic (exact) mass is 299 g/mol. The van der Waals surface area contributed by atoms with E-state index in [0.717, 1.165) is 0 Å². The van der Waals surface area contributed by atoms with Crippen molar-refractivity contribution in [2.24, 2.45) is 5.92 Å². The summed E-state index contributed by atoms with van der Waals surface area (Å²) in [5.41, 5.74) is -0.971. The summed E-state index contributed by atoms with van der Waals surface area (Å²) in [5.74, 6) is -0.309. The Balaban J connectivity index is 2.58. The molecule has 1 heterocycles. The summed E-state index contributed by atoms with van der Waals surface area (Å²) in [6, 6.07) is -0.0221. The van der Waals surface area contributed by atoms with Crippen LogP contribution in [0.4, 0.5) is 4.79 Å². The Labute approximate surface area is 128 Å². The van der Waals surface area contributed by atoms with Gasteiger partial charge in [-0.15, -0.1) is 0 Å². The summed E-state index contributed by atoms with van der Waals surface area (Å²) >= 11 is 0. The molecule has 0 aromatic rings. The highest BCUT2D eigenvalue weighted by Gasteiger charge is 2.36. The summed E-state index contributed by atoms with van der Waals surface area (Å²) in [5, 5.41) is 0. The van der Waals surface area contributed by atoms with E-state index in [0.29, 0.717) is 19.4 Å². The van der Waals surface area contributed by atoms with E-state index in [9.17, 15) is 9.59 Å². The number of amides is 1. The molecule has 0 radical (unpaired) electrons. The second-order valence-corrected chi connectivity index (χ2v) is 7.78. The van der Waals surface area contributed by atoms with Gasteiger partial charge in [-0.3, -0.25) is 4.79 Å². The van der Waals surface area contributed by atoms with Gasteiger partial charge in [0.05, 0.1) is 5.92 Å². The second kappa shape index (κ2) is 6.24. The molecule has 0 aromatic carbocycles. The molecule has 0 N–H and O–H groups in total. The van der Waals surface area contributed by atoms with Crippen LogP contribution in [0.5, 0.6) is 0 Å². The van der Waals surface area contributed by atoms with Gasteiger partial charge in [0.1, 0.15) is 11.2 Å². The molecule has 1 rings (SSSR count). The van der Waals surface area contributed by atoms with E-state index >= 15 is 0 Å². The lowest BCUT2D eigenvalue weighted by molar-refractivity contribution is -0.162. The molecule has 0 aliphatic carbocycles. The van der Waals surface area contributed by atoms with Crippen LogP contribution in [0.25, 0.3) is 0 Å². The lowest BCUT2D eigenvalue weighted by Crippen LogP contribution is -2.48. The molecule has 1 aliphatic rings. The Hall–Kier alpha value is -1.26. The molecule has 5 nitrogen and oxygen atoms in total. The lowest BCUT2D eigenvalue weighted by Gasteiger charge is -2.38. The zero-order valence-electron chi connectivity index (χ0n) is 14.4. The van der Waals surface area contributed by atoms with E-state index < -0.39 is 11.2 Å². The third-order valence-electron chi connectivity index (χ3n) is 3.24. The van der Waals surface area contributed by atoms with Crippen LogP contribution in [0, 0.1) is 5.92 Å². The van der Waals surface area contributed by atoms with Crippen molar-refractivity contribution in [1.29, 1.82) is 0 Å². The van der Waals surface area contributed by atoms with Crippen LogP contribution in [-0.4, -0.2) is 40.8 Å². The molecule has 1 saturated heterocycles. The molecule has 0 bridgehead atoms. The van der Waals surface area contributed by atoms with Gasteiger partial charge in [0.15, 0.2) is 0 Å². The number of esters is 1. The summed E-state index contributed by atoms with van der Waals surface area (Å²) in [6.45, 7) is 13.6.